The number of nitrogens with one attached hydrogen (secondary N) is 1. The second-order valence-electron chi connectivity index (χ2n) is 8.57. The summed E-state index contributed by atoms with van der Waals surface area (Å²) in [5.41, 5.74) is 2.81. The molecule has 1 aliphatic carbocycles. The zero-order valence-electron chi connectivity index (χ0n) is 17.3. The maximum atomic E-state index is 12.2. The van der Waals surface area contributed by atoms with E-state index >= 15 is 0 Å². The molecule has 3 heterocycles. The van der Waals surface area contributed by atoms with E-state index in [1.54, 1.807) is 19.2 Å². The number of aromatic nitrogens is 2. The molecular weight excluding hydrogens is 386 g/mol. The Bertz CT molecular complexity index is 873. The average Bonchev–Trinajstić information content (AvgIpc) is 2.71. The minimum atomic E-state index is -0.00701. The highest BCUT2D eigenvalue weighted by Crippen LogP contribution is 2.32. The van der Waals surface area contributed by atoms with Gasteiger partial charge in [-0.25, -0.2) is 4.98 Å². The normalized spacial score (nSPS) is 24.0. The summed E-state index contributed by atoms with van der Waals surface area (Å²) in [5, 5.41) is 4.04. The highest BCUT2D eigenvalue weighted by atomic mass is 35.5. The predicted molar refractivity (Wildman–Crippen MR) is 118 cm³/mol. The minimum absolute atomic E-state index is 0.00701. The van der Waals surface area contributed by atoms with Crippen LogP contribution in [0.4, 0.5) is 5.69 Å². The maximum absolute atomic E-state index is 12.2. The van der Waals surface area contributed by atoms with Gasteiger partial charge in [-0.3, -0.25) is 9.78 Å². The van der Waals surface area contributed by atoms with Crippen LogP contribution in [0.5, 0.6) is 0 Å². The van der Waals surface area contributed by atoms with E-state index < -0.39 is 0 Å². The number of anilines is 1. The third kappa shape index (κ3) is 4.87. The number of fused-ring (bicyclic) bond motifs is 1. The van der Waals surface area contributed by atoms with Crippen molar-refractivity contribution in [3.8, 4) is 0 Å². The van der Waals surface area contributed by atoms with Gasteiger partial charge in [0.1, 0.15) is 10.7 Å². The highest BCUT2D eigenvalue weighted by Gasteiger charge is 2.26. The number of hydrogen-bond acceptors (Lipinski definition) is 6. The van der Waals surface area contributed by atoms with Gasteiger partial charge in [-0.15, -0.1) is 0 Å². The van der Waals surface area contributed by atoms with Crippen LogP contribution in [0.25, 0.3) is 11.0 Å². The van der Waals surface area contributed by atoms with Crippen molar-refractivity contribution in [1.82, 2.24) is 19.8 Å². The second-order valence-corrected chi connectivity index (χ2v) is 8.96. The molecule has 0 spiro atoms. The van der Waals surface area contributed by atoms with Crippen LogP contribution in [-0.2, 0) is 0 Å². The molecule has 6 nitrogen and oxygen atoms in total. The molecule has 1 aliphatic heterocycles. The summed E-state index contributed by atoms with van der Waals surface area (Å²) >= 11 is 6.13. The lowest BCUT2D eigenvalue weighted by Gasteiger charge is -2.37. The molecule has 0 amide bonds. The maximum Gasteiger partial charge on any atom is 0.163 e. The van der Waals surface area contributed by atoms with Gasteiger partial charge in [-0.05, 0) is 57.7 Å². The predicted octanol–water partition coefficient (Wildman–Crippen LogP) is 3.70. The van der Waals surface area contributed by atoms with Crippen molar-refractivity contribution in [2.75, 3.05) is 45.1 Å². The fraction of sp³-hybridized carbons (Fsp3) is 0.591. The van der Waals surface area contributed by atoms with Gasteiger partial charge >= 0.3 is 0 Å². The van der Waals surface area contributed by atoms with Gasteiger partial charge in [0.2, 0.25) is 0 Å². The van der Waals surface area contributed by atoms with Gasteiger partial charge in [0.25, 0.3) is 0 Å². The number of nitrogens with zero attached hydrogens (tertiary/aromatic N) is 4. The Labute approximate surface area is 177 Å². The number of likely N-dealkylation sites (N-methyl/N-ethyl adjacent to an activating group) is 1. The van der Waals surface area contributed by atoms with Gasteiger partial charge < -0.3 is 15.1 Å². The molecule has 2 aromatic heterocycles. The van der Waals surface area contributed by atoms with E-state index in [4.69, 9.17) is 11.6 Å². The molecule has 29 heavy (non-hydrogen) atoms. The number of pyridine rings is 2. The van der Waals surface area contributed by atoms with E-state index in [1.807, 2.05) is 6.07 Å². The SMILES string of the molecule is CC(=O)c1cnc2ccc(Cl)nc2c1N[C@H]1CC[C@H](CN2CCN(C)CC2)CC1. The van der Waals surface area contributed by atoms with Crippen LogP contribution < -0.4 is 5.32 Å². The summed E-state index contributed by atoms with van der Waals surface area (Å²) in [5.74, 6) is 0.762. The lowest BCUT2D eigenvalue weighted by atomic mass is 9.85. The van der Waals surface area contributed by atoms with Gasteiger partial charge in [0.05, 0.1) is 16.8 Å². The number of carbonyl (C=O) groups excluding carboxylic acids is 1. The van der Waals surface area contributed by atoms with Crippen molar-refractivity contribution in [3.63, 3.8) is 0 Å². The van der Waals surface area contributed by atoms with Crippen LogP contribution in [0.1, 0.15) is 43.0 Å². The van der Waals surface area contributed by atoms with Crippen molar-refractivity contribution in [1.29, 1.82) is 0 Å². The lowest BCUT2D eigenvalue weighted by Crippen LogP contribution is -2.46. The first-order valence-electron chi connectivity index (χ1n) is 10.6. The third-order valence-corrected chi connectivity index (χ3v) is 6.58. The van der Waals surface area contributed by atoms with Crippen LogP contribution in [-0.4, -0.2) is 71.4 Å². The standard InChI is InChI=1S/C22H30ClN5O/c1-15(29)18-13-24-19-7-8-20(23)26-22(19)21(18)25-17-5-3-16(4-6-17)14-28-11-9-27(2)10-12-28/h7-8,13,16-17H,3-6,9-12,14H2,1-2H3,(H,24,25)/t16-,17-. The molecule has 2 aromatic rings. The molecular formula is C22H30ClN5O. The van der Waals surface area contributed by atoms with Gasteiger partial charge in [-0.1, -0.05) is 11.6 Å². The van der Waals surface area contributed by atoms with Gasteiger partial charge in [0.15, 0.2) is 5.78 Å². The molecule has 1 saturated carbocycles. The molecule has 4 rings (SSSR count). The number of piperazine rings is 1. The first-order valence-corrected chi connectivity index (χ1v) is 11.0. The van der Waals surface area contributed by atoms with Gasteiger partial charge in [0, 0.05) is 45.0 Å². The quantitative estimate of drug-likeness (QED) is 0.593. The third-order valence-electron chi connectivity index (χ3n) is 6.37. The van der Waals surface area contributed by atoms with Crippen molar-refractivity contribution in [2.45, 2.75) is 38.6 Å². The molecule has 156 valence electrons. The van der Waals surface area contributed by atoms with Crippen LogP contribution in [0, 0.1) is 5.92 Å². The monoisotopic (exact) mass is 415 g/mol. The summed E-state index contributed by atoms with van der Waals surface area (Å²) in [6.45, 7) is 7.52. The number of rotatable bonds is 5. The van der Waals surface area contributed by atoms with E-state index in [0.29, 0.717) is 22.3 Å². The minimum Gasteiger partial charge on any atom is -0.380 e. The fourth-order valence-corrected chi connectivity index (χ4v) is 4.69. The van der Waals surface area contributed by atoms with E-state index in [1.165, 1.54) is 45.6 Å². The lowest BCUT2D eigenvalue weighted by molar-refractivity contribution is 0.101. The summed E-state index contributed by atoms with van der Waals surface area (Å²) in [6.07, 6.45) is 6.31. The van der Waals surface area contributed by atoms with E-state index in [9.17, 15) is 4.79 Å². The topological polar surface area (TPSA) is 61.4 Å². The average molecular weight is 416 g/mol. The van der Waals surface area contributed by atoms with Gasteiger partial charge in [-0.2, -0.15) is 0 Å². The number of hydrogen-bond donors (Lipinski definition) is 1. The Morgan fingerprint density at radius 3 is 2.59 bits per heavy atom. The number of ketones is 1. The molecule has 7 heteroatoms. The highest BCUT2D eigenvalue weighted by molar-refractivity contribution is 6.30. The summed E-state index contributed by atoms with van der Waals surface area (Å²) in [6, 6.07) is 3.94. The molecule has 2 aliphatic rings. The summed E-state index contributed by atoms with van der Waals surface area (Å²) in [4.78, 5) is 26.1. The number of Topliss-reactive ketones (excluding diaryl/α,β-unsaturated/α-hetero) is 1. The molecule has 1 N–H and O–H groups in total. The first kappa shape index (κ1) is 20.5. The molecule has 0 aromatic carbocycles. The van der Waals surface area contributed by atoms with Crippen molar-refractivity contribution >= 4 is 34.1 Å². The second kappa shape index (κ2) is 8.94. The Hall–Kier alpha value is -1.76. The molecule has 1 saturated heterocycles. The Balaban J connectivity index is 1.42. The Kier molecular flexibility index (Phi) is 6.32. The van der Waals surface area contributed by atoms with Crippen molar-refractivity contribution < 1.29 is 4.79 Å². The molecule has 0 unspecified atom stereocenters. The molecule has 0 bridgehead atoms. The van der Waals surface area contributed by atoms with E-state index in [0.717, 1.165) is 30.0 Å². The molecule has 2 fully saturated rings. The van der Waals surface area contributed by atoms with Crippen molar-refractivity contribution in [2.24, 2.45) is 5.92 Å². The fourth-order valence-electron chi connectivity index (χ4n) is 4.54. The van der Waals surface area contributed by atoms with Crippen LogP contribution in [0.3, 0.4) is 0 Å². The summed E-state index contributed by atoms with van der Waals surface area (Å²) < 4.78 is 0. The zero-order valence-corrected chi connectivity index (χ0v) is 18.1. The Morgan fingerprint density at radius 1 is 1.17 bits per heavy atom. The van der Waals surface area contributed by atoms with Crippen LogP contribution >= 0.6 is 11.6 Å². The Morgan fingerprint density at radius 2 is 1.90 bits per heavy atom. The first-order chi connectivity index (χ1) is 14.0. The van der Waals surface area contributed by atoms with Crippen LogP contribution in [0.2, 0.25) is 5.15 Å². The van der Waals surface area contributed by atoms with E-state index in [-0.39, 0.29) is 5.78 Å². The zero-order chi connectivity index (χ0) is 20.4. The molecule has 0 atom stereocenters. The summed E-state index contributed by atoms with van der Waals surface area (Å²) in [7, 11) is 2.20. The van der Waals surface area contributed by atoms with Crippen LogP contribution in [0.15, 0.2) is 18.3 Å². The smallest absolute Gasteiger partial charge is 0.163 e. The number of carbonyl (C=O) groups is 1. The van der Waals surface area contributed by atoms with Crippen molar-refractivity contribution in [3.05, 3.63) is 29.0 Å². The number of halogens is 1. The largest absolute Gasteiger partial charge is 0.380 e. The molecule has 0 radical (unpaired) electrons. The van der Waals surface area contributed by atoms with E-state index in [2.05, 4.69) is 32.1 Å².